The van der Waals surface area contributed by atoms with Gasteiger partial charge in [-0.2, -0.15) is 11.8 Å². The molecule has 2 amide bonds. The van der Waals surface area contributed by atoms with Gasteiger partial charge in [-0.25, -0.2) is 4.79 Å². The molecule has 1 rings (SSSR count). The molecule has 0 aliphatic rings. The number of nitrogens with one attached hydrogen (secondary N) is 2. The molecule has 0 bridgehead atoms. The zero-order valence-electron chi connectivity index (χ0n) is 10.8. The lowest BCUT2D eigenvalue weighted by Crippen LogP contribution is -2.38. The van der Waals surface area contributed by atoms with Crippen molar-refractivity contribution in [1.82, 2.24) is 10.6 Å². The molecule has 0 saturated carbocycles. The van der Waals surface area contributed by atoms with Crippen LogP contribution in [0.3, 0.4) is 0 Å². The van der Waals surface area contributed by atoms with Gasteiger partial charge in [0.05, 0.1) is 6.61 Å². The maximum Gasteiger partial charge on any atom is 0.315 e. The van der Waals surface area contributed by atoms with E-state index < -0.39 is 0 Å². The van der Waals surface area contributed by atoms with E-state index in [2.05, 4.69) is 17.6 Å². The Morgan fingerprint density at radius 1 is 1.33 bits per heavy atom. The van der Waals surface area contributed by atoms with Crippen molar-refractivity contribution in [3.05, 3.63) is 35.4 Å². The maximum atomic E-state index is 11.5. The fourth-order valence-corrected chi connectivity index (χ4v) is 1.69. The van der Waals surface area contributed by atoms with Crippen LogP contribution in [0.2, 0.25) is 0 Å². The first kappa shape index (κ1) is 14.9. The number of amides is 2. The van der Waals surface area contributed by atoms with Crippen LogP contribution in [0.4, 0.5) is 4.79 Å². The largest absolute Gasteiger partial charge is 0.392 e. The summed E-state index contributed by atoms with van der Waals surface area (Å²) in [5, 5.41) is 15.2. The number of aliphatic hydroxyl groups excluding tert-OH is 1. The van der Waals surface area contributed by atoms with Crippen LogP contribution in [-0.2, 0) is 13.2 Å². The Morgan fingerprint density at radius 3 is 2.61 bits per heavy atom. The Bertz CT molecular complexity index is 385. The number of hydrogen-bond acceptors (Lipinski definition) is 3. The summed E-state index contributed by atoms with van der Waals surface area (Å²) in [6.07, 6.45) is 2.02. The van der Waals surface area contributed by atoms with Gasteiger partial charge in [-0.3, -0.25) is 0 Å². The molecular formula is C13H20N2O2S. The van der Waals surface area contributed by atoms with Crippen molar-refractivity contribution in [3.8, 4) is 0 Å². The molecule has 0 fully saturated rings. The van der Waals surface area contributed by atoms with Crippen molar-refractivity contribution in [3.63, 3.8) is 0 Å². The number of thioether (sulfide) groups is 1. The Morgan fingerprint density at radius 2 is 2.00 bits per heavy atom. The quantitative estimate of drug-likeness (QED) is 0.736. The van der Waals surface area contributed by atoms with Gasteiger partial charge in [-0.1, -0.05) is 31.2 Å². The molecule has 1 aromatic rings. The molecule has 0 aliphatic heterocycles. The second kappa shape index (κ2) is 8.00. The van der Waals surface area contributed by atoms with Gasteiger partial charge in [0, 0.05) is 18.3 Å². The number of carbonyl (C=O) groups is 1. The maximum absolute atomic E-state index is 11.5. The summed E-state index contributed by atoms with van der Waals surface area (Å²) < 4.78 is 0. The number of carbonyl (C=O) groups excluding carboxylic acids is 1. The normalized spacial score (nSPS) is 11.9. The first-order chi connectivity index (χ1) is 8.67. The number of aliphatic hydroxyl groups is 1. The number of urea groups is 1. The molecular weight excluding hydrogens is 248 g/mol. The summed E-state index contributed by atoms with van der Waals surface area (Å²) in [4.78, 5) is 11.5. The Hall–Kier alpha value is -1.20. The molecule has 1 unspecified atom stereocenters. The standard InChI is InChI=1S/C13H20N2O2S/c1-10(18-2)7-14-13(17)15-8-11-5-3-4-6-12(11)9-16/h3-6,10,16H,7-9H2,1-2H3,(H2,14,15,17). The van der Waals surface area contributed by atoms with E-state index >= 15 is 0 Å². The Kier molecular flexibility index (Phi) is 6.60. The third-order valence-corrected chi connectivity index (χ3v) is 3.65. The second-order valence-electron chi connectivity index (χ2n) is 4.04. The molecule has 3 N–H and O–H groups in total. The molecule has 18 heavy (non-hydrogen) atoms. The third kappa shape index (κ3) is 4.98. The van der Waals surface area contributed by atoms with Gasteiger partial charge in [0.25, 0.3) is 0 Å². The molecule has 0 spiro atoms. The van der Waals surface area contributed by atoms with E-state index in [1.54, 1.807) is 11.8 Å². The summed E-state index contributed by atoms with van der Waals surface area (Å²) in [6, 6.07) is 7.34. The number of rotatable bonds is 6. The second-order valence-corrected chi connectivity index (χ2v) is 5.31. The van der Waals surface area contributed by atoms with Crippen LogP contribution in [0.15, 0.2) is 24.3 Å². The summed E-state index contributed by atoms with van der Waals surface area (Å²) in [5.74, 6) is 0. The Labute approximate surface area is 112 Å². The van der Waals surface area contributed by atoms with Crippen molar-refractivity contribution in [1.29, 1.82) is 0 Å². The van der Waals surface area contributed by atoms with Crippen molar-refractivity contribution in [2.24, 2.45) is 0 Å². The molecule has 0 saturated heterocycles. The molecule has 4 nitrogen and oxygen atoms in total. The topological polar surface area (TPSA) is 61.4 Å². The third-order valence-electron chi connectivity index (χ3n) is 2.68. The molecule has 0 heterocycles. The highest BCUT2D eigenvalue weighted by atomic mass is 32.2. The number of hydrogen-bond donors (Lipinski definition) is 3. The zero-order valence-corrected chi connectivity index (χ0v) is 11.6. The fraction of sp³-hybridized carbons (Fsp3) is 0.462. The highest BCUT2D eigenvalue weighted by Crippen LogP contribution is 2.08. The summed E-state index contributed by atoms with van der Waals surface area (Å²) >= 11 is 1.71. The van der Waals surface area contributed by atoms with E-state index in [0.717, 1.165) is 11.1 Å². The van der Waals surface area contributed by atoms with Crippen molar-refractivity contribution in [2.45, 2.75) is 25.3 Å². The van der Waals surface area contributed by atoms with Gasteiger partial charge < -0.3 is 15.7 Å². The SMILES string of the molecule is CSC(C)CNC(=O)NCc1ccccc1CO. The van der Waals surface area contributed by atoms with Crippen LogP contribution in [-0.4, -0.2) is 29.2 Å². The lowest BCUT2D eigenvalue weighted by molar-refractivity contribution is 0.240. The molecule has 5 heteroatoms. The van der Waals surface area contributed by atoms with Crippen LogP contribution in [0.5, 0.6) is 0 Å². The zero-order chi connectivity index (χ0) is 13.4. The van der Waals surface area contributed by atoms with Crippen LogP contribution in [0.1, 0.15) is 18.1 Å². The average molecular weight is 268 g/mol. The average Bonchev–Trinajstić information content (AvgIpc) is 2.42. The van der Waals surface area contributed by atoms with Crippen molar-refractivity contribution in [2.75, 3.05) is 12.8 Å². The monoisotopic (exact) mass is 268 g/mol. The van der Waals surface area contributed by atoms with Gasteiger partial charge in [0.2, 0.25) is 0 Å². The van der Waals surface area contributed by atoms with Crippen LogP contribution >= 0.6 is 11.8 Å². The predicted molar refractivity (Wildman–Crippen MR) is 75.6 cm³/mol. The van der Waals surface area contributed by atoms with Gasteiger partial charge in [-0.15, -0.1) is 0 Å². The van der Waals surface area contributed by atoms with Crippen molar-refractivity contribution >= 4 is 17.8 Å². The summed E-state index contributed by atoms with van der Waals surface area (Å²) in [7, 11) is 0. The van der Waals surface area contributed by atoms with E-state index in [9.17, 15) is 4.79 Å². The minimum absolute atomic E-state index is 0.0109. The van der Waals surface area contributed by atoms with Gasteiger partial charge in [0.15, 0.2) is 0 Å². The minimum Gasteiger partial charge on any atom is -0.392 e. The molecule has 1 atom stereocenters. The highest BCUT2D eigenvalue weighted by Gasteiger charge is 2.05. The number of benzene rings is 1. The van der Waals surface area contributed by atoms with E-state index in [1.807, 2.05) is 30.5 Å². The predicted octanol–water partition coefficient (Wildman–Crippen LogP) is 1.73. The smallest absolute Gasteiger partial charge is 0.315 e. The highest BCUT2D eigenvalue weighted by molar-refractivity contribution is 7.99. The van der Waals surface area contributed by atoms with E-state index in [0.29, 0.717) is 18.3 Å². The summed E-state index contributed by atoms with van der Waals surface area (Å²) in [5.41, 5.74) is 1.78. The molecule has 1 aromatic carbocycles. The lowest BCUT2D eigenvalue weighted by Gasteiger charge is -2.12. The van der Waals surface area contributed by atoms with E-state index in [-0.39, 0.29) is 12.6 Å². The first-order valence-electron chi connectivity index (χ1n) is 5.89. The minimum atomic E-state index is -0.177. The molecule has 0 aromatic heterocycles. The van der Waals surface area contributed by atoms with E-state index in [1.165, 1.54) is 0 Å². The first-order valence-corrected chi connectivity index (χ1v) is 7.18. The molecule has 100 valence electrons. The van der Waals surface area contributed by atoms with Gasteiger partial charge in [0.1, 0.15) is 0 Å². The van der Waals surface area contributed by atoms with Crippen LogP contribution in [0.25, 0.3) is 0 Å². The lowest BCUT2D eigenvalue weighted by atomic mass is 10.1. The summed E-state index contributed by atoms with van der Waals surface area (Å²) in [6.45, 7) is 3.12. The fourth-order valence-electron chi connectivity index (χ4n) is 1.44. The van der Waals surface area contributed by atoms with Gasteiger partial charge >= 0.3 is 6.03 Å². The molecule has 0 aliphatic carbocycles. The van der Waals surface area contributed by atoms with Crippen molar-refractivity contribution < 1.29 is 9.90 Å². The van der Waals surface area contributed by atoms with Crippen LogP contribution < -0.4 is 10.6 Å². The molecule has 0 radical (unpaired) electrons. The van der Waals surface area contributed by atoms with Gasteiger partial charge in [-0.05, 0) is 17.4 Å². The Balaban J connectivity index is 2.38. The van der Waals surface area contributed by atoms with Crippen LogP contribution in [0, 0.1) is 0 Å². The van der Waals surface area contributed by atoms with E-state index in [4.69, 9.17) is 5.11 Å².